The average Bonchev–Trinajstić information content (AvgIpc) is 2.48. The zero-order valence-corrected chi connectivity index (χ0v) is 10.7. The minimum Gasteiger partial charge on any atom is -0.348 e. The molecule has 6 heteroatoms. The first-order valence-corrected chi connectivity index (χ1v) is 5.93. The van der Waals surface area contributed by atoms with Crippen molar-refractivity contribution in [2.45, 2.75) is 6.54 Å². The Labute approximate surface area is 118 Å². The Bertz CT molecular complexity index is 738. The largest absolute Gasteiger partial charge is 0.348 e. The number of nitrogens with one attached hydrogen (secondary N) is 1. The maximum absolute atomic E-state index is 13.6. The van der Waals surface area contributed by atoms with Crippen LogP contribution in [0.2, 0.25) is 0 Å². The first-order chi connectivity index (χ1) is 10.0. The molecule has 0 aliphatic carbocycles. The number of hydrogen-bond donors (Lipinski definition) is 1. The molecule has 0 bridgehead atoms. The van der Waals surface area contributed by atoms with Gasteiger partial charge >= 0.3 is 0 Å². The van der Waals surface area contributed by atoms with Crippen molar-refractivity contribution in [1.29, 1.82) is 5.26 Å². The molecular weight excluding hydrogens is 281 g/mol. The molecule has 2 aromatic carbocycles. The summed E-state index contributed by atoms with van der Waals surface area (Å²) in [5.41, 5.74) is -0.165. The van der Waals surface area contributed by atoms with Crippen molar-refractivity contribution in [2.24, 2.45) is 0 Å². The lowest BCUT2D eigenvalue weighted by atomic mass is 10.1. The summed E-state index contributed by atoms with van der Waals surface area (Å²) in [7, 11) is 0. The molecule has 0 radical (unpaired) electrons. The van der Waals surface area contributed by atoms with Crippen LogP contribution in [-0.4, -0.2) is 5.91 Å². The lowest BCUT2D eigenvalue weighted by Crippen LogP contribution is -2.24. The van der Waals surface area contributed by atoms with E-state index in [0.29, 0.717) is 0 Å². The minimum absolute atomic E-state index is 0.138. The van der Waals surface area contributed by atoms with E-state index >= 15 is 0 Å². The molecule has 0 fully saturated rings. The first-order valence-electron chi connectivity index (χ1n) is 5.93. The Morgan fingerprint density at radius 3 is 2.57 bits per heavy atom. The first kappa shape index (κ1) is 14.6. The van der Waals surface area contributed by atoms with Crippen molar-refractivity contribution in [3.8, 4) is 6.07 Å². The van der Waals surface area contributed by atoms with Crippen LogP contribution < -0.4 is 5.32 Å². The maximum atomic E-state index is 13.6. The van der Waals surface area contributed by atoms with E-state index in [1.54, 1.807) is 6.07 Å². The van der Waals surface area contributed by atoms with Crippen molar-refractivity contribution < 1.29 is 18.0 Å². The van der Waals surface area contributed by atoms with E-state index in [1.807, 2.05) is 0 Å². The molecule has 0 aromatic heterocycles. The van der Waals surface area contributed by atoms with Gasteiger partial charge in [0.1, 0.15) is 5.82 Å². The van der Waals surface area contributed by atoms with Crippen molar-refractivity contribution in [2.75, 3.05) is 0 Å². The van der Waals surface area contributed by atoms with Gasteiger partial charge < -0.3 is 5.32 Å². The molecule has 21 heavy (non-hydrogen) atoms. The van der Waals surface area contributed by atoms with Crippen molar-refractivity contribution in [1.82, 2.24) is 5.32 Å². The van der Waals surface area contributed by atoms with Crippen LogP contribution >= 0.6 is 0 Å². The number of rotatable bonds is 3. The van der Waals surface area contributed by atoms with Gasteiger partial charge in [-0.05, 0) is 24.3 Å². The van der Waals surface area contributed by atoms with Crippen LogP contribution in [0.1, 0.15) is 21.5 Å². The lowest BCUT2D eigenvalue weighted by molar-refractivity contribution is 0.0945. The number of carbonyl (C=O) groups excluding carboxylic acids is 1. The molecule has 1 N–H and O–H groups in total. The van der Waals surface area contributed by atoms with Crippen LogP contribution in [0.5, 0.6) is 0 Å². The molecule has 106 valence electrons. The Hall–Kier alpha value is -2.81. The summed E-state index contributed by atoms with van der Waals surface area (Å²) in [6, 6.07) is 8.78. The summed E-state index contributed by atoms with van der Waals surface area (Å²) in [5.74, 6) is -3.90. The number of benzene rings is 2. The van der Waals surface area contributed by atoms with E-state index < -0.39 is 28.9 Å². The maximum Gasteiger partial charge on any atom is 0.254 e. The summed E-state index contributed by atoms with van der Waals surface area (Å²) in [4.78, 5) is 11.7. The molecule has 0 aliphatic rings. The molecule has 2 rings (SSSR count). The lowest BCUT2D eigenvalue weighted by Gasteiger charge is -2.07. The van der Waals surface area contributed by atoms with E-state index in [0.717, 1.165) is 18.2 Å². The number of amides is 1. The van der Waals surface area contributed by atoms with Gasteiger partial charge in [-0.25, -0.2) is 13.2 Å². The molecule has 3 nitrogen and oxygen atoms in total. The summed E-state index contributed by atoms with van der Waals surface area (Å²) >= 11 is 0. The van der Waals surface area contributed by atoms with Gasteiger partial charge in [0.2, 0.25) is 0 Å². The quantitative estimate of drug-likeness (QED) is 0.945. The Kier molecular flexibility index (Phi) is 4.24. The van der Waals surface area contributed by atoms with E-state index in [9.17, 15) is 18.0 Å². The molecule has 0 heterocycles. The Balaban J connectivity index is 2.11. The van der Waals surface area contributed by atoms with Crippen molar-refractivity contribution in [3.63, 3.8) is 0 Å². The van der Waals surface area contributed by atoms with Gasteiger partial charge in [-0.1, -0.05) is 12.1 Å². The summed E-state index contributed by atoms with van der Waals surface area (Å²) in [6.45, 7) is -0.202. The molecule has 2 aromatic rings. The third kappa shape index (κ3) is 3.20. The summed E-state index contributed by atoms with van der Waals surface area (Å²) < 4.78 is 40.0. The van der Waals surface area contributed by atoms with Gasteiger partial charge in [-0.2, -0.15) is 5.26 Å². The SMILES string of the molecule is N#Cc1ccc(CNC(=O)c2cccc(F)c2F)c(F)c1. The third-order valence-electron chi connectivity index (χ3n) is 2.82. The van der Waals surface area contributed by atoms with Gasteiger partial charge in [0.15, 0.2) is 11.6 Å². The standard InChI is InChI=1S/C15H9F3N2O/c16-12-3-1-2-11(14(12)18)15(21)20-8-10-5-4-9(7-19)6-13(10)17/h1-6H,8H2,(H,20,21). The molecule has 0 unspecified atom stereocenters. The molecule has 0 saturated heterocycles. The second-order valence-corrected chi connectivity index (χ2v) is 4.20. The molecule has 0 spiro atoms. The zero-order chi connectivity index (χ0) is 15.4. The number of carbonyl (C=O) groups is 1. The van der Waals surface area contributed by atoms with E-state index in [2.05, 4.69) is 5.32 Å². The molecule has 1 amide bonds. The highest BCUT2D eigenvalue weighted by Gasteiger charge is 2.15. The highest BCUT2D eigenvalue weighted by atomic mass is 19.2. The predicted molar refractivity (Wildman–Crippen MR) is 68.6 cm³/mol. The fourth-order valence-electron chi connectivity index (χ4n) is 1.71. The molecule has 0 atom stereocenters. The topological polar surface area (TPSA) is 52.9 Å². The Morgan fingerprint density at radius 1 is 1.14 bits per heavy atom. The second-order valence-electron chi connectivity index (χ2n) is 4.20. The van der Waals surface area contributed by atoms with Crippen LogP contribution in [0.4, 0.5) is 13.2 Å². The third-order valence-corrected chi connectivity index (χ3v) is 2.82. The fraction of sp³-hybridized carbons (Fsp3) is 0.0667. The van der Waals surface area contributed by atoms with Gasteiger partial charge in [-0.15, -0.1) is 0 Å². The summed E-state index contributed by atoms with van der Waals surface area (Å²) in [6.07, 6.45) is 0. The van der Waals surface area contributed by atoms with Crippen LogP contribution in [0.15, 0.2) is 36.4 Å². The van der Waals surface area contributed by atoms with Crippen LogP contribution in [0, 0.1) is 28.8 Å². The van der Waals surface area contributed by atoms with E-state index in [-0.39, 0.29) is 17.7 Å². The van der Waals surface area contributed by atoms with Crippen LogP contribution in [0.25, 0.3) is 0 Å². The fourth-order valence-corrected chi connectivity index (χ4v) is 1.71. The minimum atomic E-state index is -1.25. The number of halogens is 3. The molecule has 0 aliphatic heterocycles. The number of nitrogens with zero attached hydrogens (tertiary/aromatic N) is 1. The summed E-state index contributed by atoms with van der Waals surface area (Å²) in [5, 5.41) is 10.9. The van der Waals surface area contributed by atoms with Gasteiger partial charge in [0, 0.05) is 12.1 Å². The molecule has 0 saturated carbocycles. The van der Waals surface area contributed by atoms with Crippen LogP contribution in [0.3, 0.4) is 0 Å². The zero-order valence-electron chi connectivity index (χ0n) is 10.7. The monoisotopic (exact) mass is 290 g/mol. The highest BCUT2D eigenvalue weighted by Crippen LogP contribution is 2.13. The smallest absolute Gasteiger partial charge is 0.254 e. The average molecular weight is 290 g/mol. The van der Waals surface area contributed by atoms with Gasteiger partial charge in [0.05, 0.1) is 17.2 Å². The molecular formula is C15H9F3N2O. The van der Waals surface area contributed by atoms with Crippen molar-refractivity contribution in [3.05, 3.63) is 70.5 Å². The number of nitriles is 1. The predicted octanol–water partition coefficient (Wildman–Crippen LogP) is 2.91. The second kappa shape index (κ2) is 6.09. The van der Waals surface area contributed by atoms with E-state index in [4.69, 9.17) is 5.26 Å². The van der Waals surface area contributed by atoms with Gasteiger partial charge in [0.25, 0.3) is 5.91 Å². The Morgan fingerprint density at radius 2 is 1.90 bits per heavy atom. The van der Waals surface area contributed by atoms with Crippen LogP contribution in [-0.2, 0) is 6.54 Å². The van der Waals surface area contributed by atoms with E-state index in [1.165, 1.54) is 18.2 Å². The highest BCUT2D eigenvalue weighted by molar-refractivity contribution is 5.94. The van der Waals surface area contributed by atoms with Crippen molar-refractivity contribution >= 4 is 5.91 Å². The number of hydrogen-bond acceptors (Lipinski definition) is 2. The van der Waals surface area contributed by atoms with Gasteiger partial charge in [-0.3, -0.25) is 4.79 Å². The normalized spacial score (nSPS) is 10.0.